The smallest absolute Gasteiger partial charge is 0.143 e. The van der Waals surface area contributed by atoms with Crippen LogP contribution >= 0.6 is 0 Å². The molecule has 0 aromatic heterocycles. The molecule has 0 heterocycles. The van der Waals surface area contributed by atoms with Gasteiger partial charge < -0.3 is 0 Å². The van der Waals surface area contributed by atoms with Crippen molar-refractivity contribution >= 4 is 11.6 Å². The molecular formula is C9H14O2. The van der Waals surface area contributed by atoms with Crippen LogP contribution in [-0.2, 0) is 9.59 Å². The van der Waals surface area contributed by atoms with E-state index < -0.39 is 0 Å². The minimum Gasteiger partial charge on any atom is -0.299 e. The van der Waals surface area contributed by atoms with Crippen molar-refractivity contribution in [1.82, 2.24) is 0 Å². The average molecular weight is 154 g/mol. The quantitative estimate of drug-likeness (QED) is 0.578. The molecule has 0 bridgehead atoms. The molecule has 1 rings (SSSR count). The van der Waals surface area contributed by atoms with Gasteiger partial charge in [-0.2, -0.15) is 0 Å². The van der Waals surface area contributed by atoms with Crippen LogP contribution in [0.2, 0.25) is 0 Å². The molecule has 11 heavy (non-hydrogen) atoms. The molecule has 0 spiro atoms. The first-order valence-corrected chi connectivity index (χ1v) is 4.16. The topological polar surface area (TPSA) is 34.1 Å². The maximum Gasteiger partial charge on any atom is 0.143 e. The zero-order chi connectivity index (χ0) is 8.43. The summed E-state index contributed by atoms with van der Waals surface area (Å²) in [4.78, 5) is 22.1. The lowest BCUT2D eigenvalue weighted by molar-refractivity contribution is -0.138. The van der Waals surface area contributed by atoms with Gasteiger partial charge in [-0.25, -0.2) is 0 Å². The Bertz CT molecular complexity index is 182. The molecule has 2 nitrogen and oxygen atoms in total. The number of rotatable bonds is 3. The van der Waals surface area contributed by atoms with E-state index in [2.05, 4.69) is 0 Å². The molecule has 1 aliphatic rings. The molecule has 0 aliphatic heterocycles. The monoisotopic (exact) mass is 154 g/mol. The van der Waals surface area contributed by atoms with E-state index in [9.17, 15) is 9.59 Å². The van der Waals surface area contributed by atoms with Crippen molar-refractivity contribution < 1.29 is 9.59 Å². The highest BCUT2D eigenvalue weighted by Gasteiger charge is 2.33. The normalized spacial score (nSPS) is 23.5. The summed E-state index contributed by atoms with van der Waals surface area (Å²) in [6.07, 6.45) is 1.98. The predicted octanol–water partition coefficient (Wildman–Crippen LogP) is 1.58. The molecule has 0 N–H and O–H groups in total. The van der Waals surface area contributed by atoms with Crippen LogP contribution in [0.15, 0.2) is 0 Å². The molecule has 62 valence electrons. The van der Waals surface area contributed by atoms with E-state index >= 15 is 0 Å². The fourth-order valence-corrected chi connectivity index (χ4v) is 1.29. The van der Waals surface area contributed by atoms with Gasteiger partial charge in [-0.15, -0.1) is 0 Å². The molecule has 1 fully saturated rings. The number of ketones is 2. The SMILES string of the molecule is CC(C)CC(=O)C1CCC1=O. The first-order chi connectivity index (χ1) is 5.11. The van der Waals surface area contributed by atoms with Gasteiger partial charge in [0.25, 0.3) is 0 Å². The van der Waals surface area contributed by atoms with Gasteiger partial charge in [0.2, 0.25) is 0 Å². The van der Waals surface area contributed by atoms with Crippen LogP contribution in [0.4, 0.5) is 0 Å². The van der Waals surface area contributed by atoms with Gasteiger partial charge in [0.15, 0.2) is 0 Å². The van der Waals surface area contributed by atoms with Gasteiger partial charge in [-0.1, -0.05) is 13.8 Å². The first kappa shape index (κ1) is 8.44. The summed E-state index contributed by atoms with van der Waals surface area (Å²) in [5.41, 5.74) is 0. The third-order valence-corrected chi connectivity index (χ3v) is 2.07. The van der Waals surface area contributed by atoms with Crippen molar-refractivity contribution in [1.29, 1.82) is 0 Å². The highest BCUT2D eigenvalue weighted by atomic mass is 16.2. The van der Waals surface area contributed by atoms with Crippen LogP contribution in [-0.4, -0.2) is 11.6 Å². The highest BCUT2D eigenvalue weighted by molar-refractivity contribution is 6.06. The maximum absolute atomic E-state index is 11.2. The Hall–Kier alpha value is -0.660. The largest absolute Gasteiger partial charge is 0.299 e. The van der Waals surface area contributed by atoms with E-state index in [0.29, 0.717) is 18.8 Å². The Balaban J connectivity index is 2.36. The Morgan fingerprint density at radius 1 is 1.64 bits per heavy atom. The standard InChI is InChI=1S/C9H14O2/c1-6(2)5-9(11)7-3-4-8(7)10/h6-7H,3-5H2,1-2H3. The molecular weight excluding hydrogens is 140 g/mol. The van der Waals surface area contributed by atoms with Crippen molar-refractivity contribution in [3.8, 4) is 0 Å². The molecule has 2 heteroatoms. The molecule has 1 unspecified atom stereocenters. The second-order valence-corrected chi connectivity index (χ2v) is 3.62. The second kappa shape index (κ2) is 3.16. The predicted molar refractivity (Wildman–Crippen MR) is 42.2 cm³/mol. The van der Waals surface area contributed by atoms with E-state index in [0.717, 1.165) is 6.42 Å². The average Bonchev–Trinajstić information content (AvgIpc) is 1.82. The van der Waals surface area contributed by atoms with E-state index in [1.165, 1.54) is 0 Å². The highest BCUT2D eigenvalue weighted by Crippen LogP contribution is 2.25. The van der Waals surface area contributed by atoms with Crippen molar-refractivity contribution in [3.05, 3.63) is 0 Å². The van der Waals surface area contributed by atoms with Gasteiger partial charge >= 0.3 is 0 Å². The van der Waals surface area contributed by atoms with Crippen LogP contribution in [0.25, 0.3) is 0 Å². The molecule has 1 atom stereocenters. The van der Waals surface area contributed by atoms with Crippen molar-refractivity contribution in [2.45, 2.75) is 33.1 Å². The number of carbonyl (C=O) groups is 2. The summed E-state index contributed by atoms with van der Waals surface area (Å²) < 4.78 is 0. The van der Waals surface area contributed by atoms with Crippen LogP contribution in [0, 0.1) is 11.8 Å². The summed E-state index contributed by atoms with van der Waals surface area (Å²) in [5, 5.41) is 0. The van der Waals surface area contributed by atoms with E-state index in [1.807, 2.05) is 13.8 Å². The van der Waals surface area contributed by atoms with Crippen molar-refractivity contribution in [2.24, 2.45) is 11.8 Å². The second-order valence-electron chi connectivity index (χ2n) is 3.62. The molecule has 1 saturated carbocycles. The first-order valence-electron chi connectivity index (χ1n) is 4.16. The lowest BCUT2D eigenvalue weighted by Crippen LogP contribution is -2.33. The minimum atomic E-state index is -0.225. The van der Waals surface area contributed by atoms with Crippen molar-refractivity contribution in [3.63, 3.8) is 0 Å². The van der Waals surface area contributed by atoms with Gasteiger partial charge in [0.1, 0.15) is 11.6 Å². The summed E-state index contributed by atoms with van der Waals surface area (Å²) in [7, 11) is 0. The third-order valence-electron chi connectivity index (χ3n) is 2.07. The molecule has 0 aromatic rings. The summed E-state index contributed by atoms with van der Waals surface area (Å²) >= 11 is 0. The number of hydrogen-bond acceptors (Lipinski definition) is 2. The van der Waals surface area contributed by atoms with Crippen molar-refractivity contribution in [2.75, 3.05) is 0 Å². The Labute approximate surface area is 67.0 Å². The Morgan fingerprint density at radius 3 is 2.55 bits per heavy atom. The van der Waals surface area contributed by atoms with Gasteiger partial charge in [-0.05, 0) is 12.3 Å². The van der Waals surface area contributed by atoms with Gasteiger partial charge in [0.05, 0.1) is 5.92 Å². The zero-order valence-electron chi connectivity index (χ0n) is 7.09. The van der Waals surface area contributed by atoms with E-state index in [4.69, 9.17) is 0 Å². The summed E-state index contributed by atoms with van der Waals surface area (Å²) in [6.45, 7) is 4.00. The van der Waals surface area contributed by atoms with Gasteiger partial charge in [-0.3, -0.25) is 9.59 Å². The lowest BCUT2D eigenvalue weighted by Gasteiger charge is -2.22. The summed E-state index contributed by atoms with van der Waals surface area (Å²) in [6, 6.07) is 0. The van der Waals surface area contributed by atoms with Crippen LogP contribution in [0.1, 0.15) is 33.1 Å². The number of hydrogen-bond donors (Lipinski definition) is 0. The lowest BCUT2D eigenvalue weighted by atomic mass is 9.78. The zero-order valence-corrected chi connectivity index (χ0v) is 7.09. The van der Waals surface area contributed by atoms with Gasteiger partial charge in [0, 0.05) is 12.8 Å². The molecule has 0 amide bonds. The Morgan fingerprint density at radius 2 is 2.27 bits per heavy atom. The molecule has 0 saturated heterocycles. The van der Waals surface area contributed by atoms with Crippen LogP contribution in [0.5, 0.6) is 0 Å². The minimum absolute atomic E-state index is 0.149. The van der Waals surface area contributed by atoms with E-state index in [1.54, 1.807) is 0 Å². The van der Waals surface area contributed by atoms with Crippen LogP contribution in [0.3, 0.4) is 0 Å². The fraction of sp³-hybridized carbons (Fsp3) is 0.778. The fourth-order valence-electron chi connectivity index (χ4n) is 1.29. The van der Waals surface area contributed by atoms with E-state index in [-0.39, 0.29) is 17.5 Å². The number of Topliss-reactive ketones (excluding diaryl/α,β-unsaturated/α-hetero) is 2. The maximum atomic E-state index is 11.2. The molecule has 0 aromatic carbocycles. The summed E-state index contributed by atoms with van der Waals surface area (Å²) in [5.74, 6) is 0.459. The number of carbonyl (C=O) groups excluding carboxylic acids is 2. The molecule has 1 aliphatic carbocycles. The Kier molecular flexibility index (Phi) is 2.42. The molecule has 0 radical (unpaired) electrons. The third kappa shape index (κ3) is 1.88. The van der Waals surface area contributed by atoms with Crippen LogP contribution < -0.4 is 0 Å².